The lowest BCUT2D eigenvalue weighted by molar-refractivity contribution is -0.384. The van der Waals surface area contributed by atoms with Crippen LogP contribution >= 0.6 is 11.6 Å². The fourth-order valence-electron chi connectivity index (χ4n) is 2.97. The number of aromatic nitrogens is 4. The zero-order valence-electron chi connectivity index (χ0n) is 15.2. The van der Waals surface area contributed by atoms with Crippen LogP contribution < -0.4 is 5.32 Å². The number of halogens is 4. The Hall–Kier alpha value is -3.21. The topological polar surface area (TPSA) is 98.8 Å². The van der Waals surface area contributed by atoms with Crippen LogP contribution in [0.15, 0.2) is 36.5 Å². The summed E-state index contributed by atoms with van der Waals surface area (Å²) in [6.07, 6.45) is -1.82. The first-order valence-corrected chi connectivity index (χ1v) is 9.27. The zero-order valence-corrected chi connectivity index (χ0v) is 16.0. The predicted molar refractivity (Wildman–Crippen MR) is 102 cm³/mol. The van der Waals surface area contributed by atoms with Gasteiger partial charge in [-0.3, -0.25) is 10.1 Å². The lowest BCUT2D eigenvalue weighted by Gasteiger charge is -2.09. The Balaban J connectivity index is 1.54. The van der Waals surface area contributed by atoms with Crippen molar-refractivity contribution in [3.05, 3.63) is 68.9 Å². The van der Waals surface area contributed by atoms with E-state index in [1.165, 1.54) is 4.68 Å². The van der Waals surface area contributed by atoms with Crippen molar-refractivity contribution in [3.8, 4) is 5.69 Å². The molecule has 1 saturated carbocycles. The Morgan fingerprint density at radius 2 is 1.97 bits per heavy atom. The van der Waals surface area contributed by atoms with E-state index < -0.39 is 16.8 Å². The number of benzene rings is 1. The highest BCUT2D eigenvalue weighted by Gasteiger charge is 2.38. The summed E-state index contributed by atoms with van der Waals surface area (Å²) in [5.41, 5.74) is 0.551. The molecular weight excluding hydrogens is 425 g/mol. The van der Waals surface area contributed by atoms with E-state index in [9.17, 15) is 23.3 Å². The Morgan fingerprint density at radius 1 is 1.27 bits per heavy atom. The minimum Gasteiger partial charge on any atom is -0.360 e. The molecule has 1 aromatic carbocycles. The number of nitro groups is 1. The Bertz CT molecular complexity index is 1100. The number of alkyl halides is 3. The first kappa shape index (κ1) is 20.1. The van der Waals surface area contributed by atoms with E-state index >= 15 is 0 Å². The van der Waals surface area contributed by atoms with Gasteiger partial charge >= 0.3 is 11.9 Å². The third-order valence-corrected chi connectivity index (χ3v) is 4.78. The largest absolute Gasteiger partial charge is 0.435 e. The molecule has 4 rings (SSSR count). The van der Waals surface area contributed by atoms with Crippen molar-refractivity contribution in [2.75, 3.05) is 5.32 Å². The summed E-state index contributed by atoms with van der Waals surface area (Å²) in [4.78, 5) is 17.8. The van der Waals surface area contributed by atoms with Gasteiger partial charge in [0.15, 0.2) is 5.69 Å². The molecule has 0 unspecified atom stereocenters. The molecule has 12 heteroatoms. The normalized spacial score (nSPS) is 14.0. The van der Waals surface area contributed by atoms with E-state index in [0.717, 1.165) is 30.7 Å². The molecule has 156 valence electrons. The van der Waals surface area contributed by atoms with E-state index in [1.807, 2.05) is 0 Å². The van der Waals surface area contributed by atoms with Crippen molar-refractivity contribution < 1.29 is 18.1 Å². The first-order valence-electron chi connectivity index (χ1n) is 8.89. The third-order valence-electron chi connectivity index (χ3n) is 4.60. The fourth-order valence-corrected chi connectivity index (χ4v) is 3.10. The van der Waals surface area contributed by atoms with Gasteiger partial charge in [0.25, 0.3) is 0 Å². The molecule has 0 bridgehead atoms. The van der Waals surface area contributed by atoms with E-state index in [0.29, 0.717) is 11.4 Å². The monoisotopic (exact) mass is 438 g/mol. The summed E-state index contributed by atoms with van der Waals surface area (Å²) < 4.78 is 40.5. The summed E-state index contributed by atoms with van der Waals surface area (Å²) in [6, 6.07) is 7.80. The van der Waals surface area contributed by atoms with Crippen molar-refractivity contribution >= 4 is 23.1 Å². The molecule has 2 aromatic heterocycles. The van der Waals surface area contributed by atoms with Crippen LogP contribution in [0.4, 0.5) is 24.7 Å². The second-order valence-corrected chi connectivity index (χ2v) is 7.13. The smallest absolute Gasteiger partial charge is 0.360 e. The SMILES string of the molecule is O=[N+]([O-])c1cnc(Cl)nc1NCc1ccc(-n2nc(C(F)(F)F)cc2C2CC2)cc1. The lowest BCUT2D eigenvalue weighted by Crippen LogP contribution is -2.08. The molecule has 1 N–H and O–H groups in total. The van der Waals surface area contributed by atoms with Crippen LogP contribution in [0.25, 0.3) is 5.69 Å². The first-order chi connectivity index (χ1) is 14.2. The van der Waals surface area contributed by atoms with Crippen molar-refractivity contribution in [2.24, 2.45) is 0 Å². The molecule has 8 nitrogen and oxygen atoms in total. The van der Waals surface area contributed by atoms with Gasteiger partial charge in [-0.05, 0) is 48.2 Å². The second kappa shape index (κ2) is 7.56. The maximum atomic E-state index is 13.1. The molecule has 1 aliphatic carbocycles. The number of hydrogen-bond donors (Lipinski definition) is 1. The van der Waals surface area contributed by atoms with E-state index in [-0.39, 0.29) is 29.3 Å². The number of nitrogens with zero attached hydrogens (tertiary/aromatic N) is 5. The molecule has 3 aromatic rings. The van der Waals surface area contributed by atoms with Gasteiger partial charge in [0.05, 0.1) is 10.6 Å². The van der Waals surface area contributed by atoms with Gasteiger partial charge in [0, 0.05) is 18.2 Å². The summed E-state index contributed by atoms with van der Waals surface area (Å²) in [5, 5.41) is 17.5. The van der Waals surface area contributed by atoms with Crippen molar-refractivity contribution in [1.82, 2.24) is 19.7 Å². The highest BCUT2D eigenvalue weighted by molar-refractivity contribution is 6.28. The maximum absolute atomic E-state index is 13.1. The minimum absolute atomic E-state index is 0.0259. The number of nitrogens with one attached hydrogen (secondary N) is 1. The molecule has 1 fully saturated rings. The maximum Gasteiger partial charge on any atom is 0.435 e. The van der Waals surface area contributed by atoms with Gasteiger partial charge in [0.2, 0.25) is 11.1 Å². The van der Waals surface area contributed by atoms with Gasteiger partial charge in [0.1, 0.15) is 6.20 Å². The molecule has 0 radical (unpaired) electrons. The van der Waals surface area contributed by atoms with Crippen LogP contribution in [0.3, 0.4) is 0 Å². The van der Waals surface area contributed by atoms with Crippen LogP contribution in [0, 0.1) is 10.1 Å². The standard InChI is InChI=1S/C18H14ClF3N6O2/c19-17-24-9-14(28(29)30)16(25-17)23-8-10-1-5-12(6-2-10)27-13(11-3-4-11)7-15(26-27)18(20,21)22/h1-2,5-7,9,11H,3-4,8H2,(H,23,24,25). The predicted octanol–water partition coefficient (Wildman–Crippen LogP) is 4.73. The Kier molecular flexibility index (Phi) is 5.06. The fraction of sp³-hybridized carbons (Fsp3) is 0.278. The molecule has 0 spiro atoms. The molecular formula is C18H14ClF3N6O2. The highest BCUT2D eigenvalue weighted by atomic mass is 35.5. The van der Waals surface area contributed by atoms with Gasteiger partial charge in [-0.15, -0.1) is 0 Å². The molecule has 0 aliphatic heterocycles. The van der Waals surface area contributed by atoms with Gasteiger partial charge in [-0.1, -0.05) is 12.1 Å². The summed E-state index contributed by atoms with van der Waals surface area (Å²) in [5.74, 6) is 0.0556. The van der Waals surface area contributed by atoms with Crippen molar-refractivity contribution in [1.29, 1.82) is 0 Å². The number of hydrogen-bond acceptors (Lipinski definition) is 6. The Morgan fingerprint density at radius 3 is 2.57 bits per heavy atom. The van der Waals surface area contributed by atoms with Crippen LogP contribution in [0.2, 0.25) is 5.28 Å². The Labute approximate surface area is 172 Å². The number of anilines is 1. The van der Waals surface area contributed by atoms with Gasteiger partial charge < -0.3 is 5.32 Å². The molecule has 0 atom stereocenters. The average molecular weight is 439 g/mol. The van der Waals surface area contributed by atoms with E-state index in [2.05, 4.69) is 20.4 Å². The van der Waals surface area contributed by atoms with Gasteiger partial charge in [-0.25, -0.2) is 9.67 Å². The van der Waals surface area contributed by atoms with Crippen LogP contribution in [-0.4, -0.2) is 24.7 Å². The summed E-state index contributed by atoms with van der Waals surface area (Å²) in [7, 11) is 0. The quantitative estimate of drug-likeness (QED) is 0.339. The molecule has 0 saturated heterocycles. The zero-order chi connectivity index (χ0) is 21.5. The van der Waals surface area contributed by atoms with E-state index in [1.54, 1.807) is 24.3 Å². The summed E-state index contributed by atoms with van der Waals surface area (Å²) >= 11 is 5.70. The average Bonchev–Trinajstić information content (AvgIpc) is 3.43. The van der Waals surface area contributed by atoms with E-state index in [4.69, 9.17) is 11.6 Å². The van der Waals surface area contributed by atoms with Crippen molar-refractivity contribution in [3.63, 3.8) is 0 Å². The van der Waals surface area contributed by atoms with Crippen LogP contribution in [0.1, 0.15) is 35.7 Å². The molecule has 2 heterocycles. The lowest BCUT2D eigenvalue weighted by atomic mass is 10.2. The molecule has 0 amide bonds. The second-order valence-electron chi connectivity index (χ2n) is 6.79. The minimum atomic E-state index is -4.51. The van der Waals surface area contributed by atoms with Crippen molar-refractivity contribution in [2.45, 2.75) is 31.5 Å². The van der Waals surface area contributed by atoms with Crippen LogP contribution in [0.5, 0.6) is 0 Å². The van der Waals surface area contributed by atoms with Gasteiger partial charge in [-0.2, -0.15) is 23.3 Å². The third kappa shape index (κ3) is 4.20. The molecule has 1 aliphatic rings. The molecule has 30 heavy (non-hydrogen) atoms. The number of rotatable bonds is 6. The van der Waals surface area contributed by atoms with Crippen LogP contribution in [-0.2, 0) is 12.7 Å². The summed E-state index contributed by atoms with van der Waals surface area (Å²) in [6.45, 7) is 0.191. The highest BCUT2D eigenvalue weighted by Crippen LogP contribution is 2.42.